The minimum absolute atomic E-state index is 0.325. The van der Waals surface area contributed by atoms with Crippen LogP contribution in [-0.2, 0) is 0 Å². The lowest BCUT2D eigenvalue weighted by atomic mass is 9.94. The van der Waals surface area contributed by atoms with Gasteiger partial charge in [0.25, 0.3) is 0 Å². The highest BCUT2D eigenvalue weighted by Gasteiger charge is 2.41. The van der Waals surface area contributed by atoms with Crippen LogP contribution in [0.2, 0.25) is 0 Å². The number of urea groups is 1. The van der Waals surface area contributed by atoms with Crippen LogP contribution in [0.3, 0.4) is 0 Å². The second kappa shape index (κ2) is 5.70. The molecule has 4 nitrogen and oxygen atoms in total. The van der Waals surface area contributed by atoms with Crippen molar-refractivity contribution in [3.05, 3.63) is 0 Å². The zero-order chi connectivity index (χ0) is 13.2. The van der Waals surface area contributed by atoms with E-state index in [2.05, 4.69) is 22.0 Å². The molecule has 2 heterocycles. The number of carbonyl (C=O) groups is 1. The first-order chi connectivity index (χ1) is 9.27. The van der Waals surface area contributed by atoms with Crippen LogP contribution in [0.4, 0.5) is 4.79 Å². The van der Waals surface area contributed by atoms with Gasteiger partial charge in [0.15, 0.2) is 0 Å². The van der Waals surface area contributed by atoms with Gasteiger partial charge < -0.3 is 15.1 Å². The predicted octanol–water partition coefficient (Wildman–Crippen LogP) is 2.20. The largest absolute Gasteiger partial charge is 0.320 e. The lowest BCUT2D eigenvalue weighted by Crippen LogP contribution is -2.48. The molecule has 0 aromatic rings. The normalized spacial score (nSPS) is 31.2. The Morgan fingerprint density at radius 2 is 1.68 bits per heavy atom. The molecule has 108 valence electrons. The maximum absolute atomic E-state index is 12.7. The van der Waals surface area contributed by atoms with Crippen LogP contribution in [0.15, 0.2) is 0 Å². The predicted molar refractivity (Wildman–Crippen MR) is 76.2 cm³/mol. The summed E-state index contributed by atoms with van der Waals surface area (Å²) in [5.41, 5.74) is 0. The van der Waals surface area contributed by atoms with Gasteiger partial charge in [0, 0.05) is 24.7 Å². The number of nitrogens with zero attached hydrogens (tertiary/aromatic N) is 2. The summed E-state index contributed by atoms with van der Waals surface area (Å²) in [6, 6.07) is 1.72. The van der Waals surface area contributed by atoms with E-state index in [0.717, 1.165) is 32.5 Å². The summed E-state index contributed by atoms with van der Waals surface area (Å²) in [4.78, 5) is 17.1. The van der Waals surface area contributed by atoms with Gasteiger partial charge >= 0.3 is 6.03 Å². The average Bonchev–Trinajstić information content (AvgIpc) is 2.76. The number of piperidine rings is 1. The van der Waals surface area contributed by atoms with Crippen LogP contribution < -0.4 is 5.32 Å². The Balaban J connectivity index is 1.67. The van der Waals surface area contributed by atoms with Gasteiger partial charge in [-0.2, -0.15) is 0 Å². The van der Waals surface area contributed by atoms with Crippen molar-refractivity contribution in [3.8, 4) is 0 Å². The molecule has 3 fully saturated rings. The molecule has 1 saturated carbocycles. The summed E-state index contributed by atoms with van der Waals surface area (Å²) in [6.07, 6.45) is 8.64. The molecule has 3 aliphatic rings. The van der Waals surface area contributed by atoms with Crippen LogP contribution in [0.1, 0.15) is 51.9 Å². The zero-order valence-electron chi connectivity index (χ0n) is 12.1. The first-order valence-corrected chi connectivity index (χ1v) is 8.07. The van der Waals surface area contributed by atoms with E-state index in [1.807, 2.05) is 0 Å². The molecule has 0 aromatic heterocycles. The lowest BCUT2D eigenvalue weighted by Gasteiger charge is -2.35. The Morgan fingerprint density at radius 1 is 1.00 bits per heavy atom. The molecule has 19 heavy (non-hydrogen) atoms. The van der Waals surface area contributed by atoms with Crippen molar-refractivity contribution < 1.29 is 4.79 Å². The maximum atomic E-state index is 12.7. The molecule has 1 N–H and O–H groups in total. The van der Waals surface area contributed by atoms with Crippen molar-refractivity contribution >= 4 is 6.03 Å². The number of rotatable bonds is 2. The van der Waals surface area contributed by atoms with E-state index >= 15 is 0 Å². The second-order valence-corrected chi connectivity index (χ2v) is 6.46. The Morgan fingerprint density at radius 3 is 2.37 bits per heavy atom. The minimum Gasteiger partial charge on any atom is -0.320 e. The van der Waals surface area contributed by atoms with E-state index in [-0.39, 0.29) is 0 Å². The molecule has 2 amide bonds. The highest BCUT2D eigenvalue weighted by atomic mass is 16.2. The maximum Gasteiger partial charge on any atom is 0.320 e. The molecular formula is C15H27N3O. The molecular weight excluding hydrogens is 238 g/mol. The van der Waals surface area contributed by atoms with Crippen molar-refractivity contribution in [2.45, 2.75) is 70.0 Å². The Bertz CT molecular complexity index is 321. The van der Waals surface area contributed by atoms with Gasteiger partial charge in [-0.1, -0.05) is 19.3 Å². The summed E-state index contributed by atoms with van der Waals surface area (Å²) in [5.74, 6) is 0. The van der Waals surface area contributed by atoms with Gasteiger partial charge in [-0.25, -0.2) is 4.79 Å². The molecule has 0 spiro atoms. The Labute approximate surface area is 116 Å². The smallest absolute Gasteiger partial charge is 0.320 e. The molecule has 0 radical (unpaired) electrons. The molecule has 1 aliphatic carbocycles. The monoisotopic (exact) mass is 265 g/mol. The third kappa shape index (κ3) is 2.60. The van der Waals surface area contributed by atoms with E-state index in [0.29, 0.717) is 24.2 Å². The number of hydrogen-bond donors (Lipinski definition) is 1. The van der Waals surface area contributed by atoms with Gasteiger partial charge in [0.2, 0.25) is 0 Å². The van der Waals surface area contributed by atoms with E-state index in [1.54, 1.807) is 0 Å². The third-order valence-corrected chi connectivity index (χ3v) is 5.12. The minimum atomic E-state index is 0.325. The van der Waals surface area contributed by atoms with E-state index in [9.17, 15) is 4.79 Å². The fourth-order valence-corrected chi connectivity index (χ4v) is 4.09. The number of hydrogen-bond acceptors (Lipinski definition) is 2. The van der Waals surface area contributed by atoms with Crippen molar-refractivity contribution in [2.24, 2.45) is 0 Å². The van der Waals surface area contributed by atoms with Gasteiger partial charge in [-0.15, -0.1) is 0 Å². The molecule has 2 saturated heterocycles. The summed E-state index contributed by atoms with van der Waals surface area (Å²) < 4.78 is 0. The molecule has 2 aliphatic heterocycles. The summed E-state index contributed by atoms with van der Waals surface area (Å²) in [6.45, 7) is 5.30. The molecule has 0 bridgehead atoms. The number of amides is 2. The van der Waals surface area contributed by atoms with E-state index < -0.39 is 0 Å². The summed E-state index contributed by atoms with van der Waals surface area (Å²) in [7, 11) is 0. The highest BCUT2D eigenvalue weighted by molar-refractivity contribution is 5.78. The summed E-state index contributed by atoms with van der Waals surface area (Å²) in [5, 5.41) is 3.39. The van der Waals surface area contributed by atoms with Crippen molar-refractivity contribution in [1.29, 1.82) is 0 Å². The summed E-state index contributed by atoms with van der Waals surface area (Å²) >= 11 is 0. The van der Waals surface area contributed by atoms with Gasteiger partial charge in [0.1, 0.15) is 0 Å². The molecule has 3 rings (SSSR count). The average molecular weight is 265 g/mol. The molecule has 1 unspecified atom stereocenters. The van der Waals surface area contributed by atoms with E-state index in [4.69, 9.17) is 0 Å². The Hall–Kier alpha value is -0.770. The van der Waals surface area contributed by atoms with Gasteiger partial charge in [0.05, 0.1) is 0 Å². The number of nitrogens with one attached hydrogen (secondary N) is 1. The molecule has 4 heteroatoms. The SMILES string of the molecule is CC1CN(C2CCCCC2)C(=O)N1C1CCNCC1. The fraction of sp³-hybridized carbons (Fsp3) is 0.933. The lowest BCUT2D eigenvalue weighted by molar-refractivity contribution is 0.141. The highest BCUT2D eigenvalue weighted by Crippen LogP contribution is 2.30. The second-order valence-electron chi connectivity index (χ2n) is 6.46. The van der Waals surface area contributed by atoms with Crippen molar-refractivity contribution in [1.82, 2.24) is 15.1 Å². The van der Waals surface area contributed by atoms with Crippen LogP contribution in [0.5, 0.6) is 0 Å². The van der Waals surface area contributed by atoms with E-state index in [1.165, 1.54) is 32.1 Å². The topological polar surface area (TPSA) is 35.6 Å². The van der Waals surface area contributed by atoms with Gasteiger partial charge in [-0.05, 0) is 45.7 Å². The van der Waals surface area contributed by atoms with Crippen molar-refractivity contribution in [2.75, 3.05) is 19.6 Å². The first kappa shape index (κ1) is 13.2. The quantitative estimate of drug-likeness (QED) is 0.831. The zero-order valence-corrected chi connectivity index (χ0v) is 12.1. The first-order valence-electron chi connectivity index (χ1n) is 8.07. The molecule has 0 aromatic carbocycles. The number of carbonyl (C=O) groups excluding carboxylic acids is 1. The van der Waals surface area contributed by atoms with Crippen LogP contribution in [0.25, 0.3) is 0 Å². The van der Waals surface area contributed by atoms with Crippen LogP contribution >= 0.6 is 0 Å². The van der Waals surface area contributed by atoms with Gasteiger partial charge in [-0.3, -0.25) is 0 Å². The standard InChI is InChI=1S/C15H27N3O/c1-12-11-17(13-5-3-2-4-6-13)15(19)18(12)14-7-9-16-10-8-14/h12-14,16H,2-11H2,1H3. The van der Waals surface area contributed by atoms with Crippen LogP contribution in [-0.4, -0.2) is 53.6 Å². The fourth-order valence-electron chi connectivity index (χ4n) is 4.09. The van der Waals surface area contributed by atoms with Crippen LogP contribution in [0, 0.1) is 0 Å². The third-order valence-electron chi connectivity index (χ3n) is 5.12. The Kier molecular flexibility index (Phi) is 3.96. The van der Waals surface area contributed by atoms with Crippen molar-refractivity contribution in [3.63, 3.8) is 0 Å². The molecule has 1 atom stereocenters.